The first kappa shape index (κ1) is 24.7. The SMILES string of the molecule is Cc1ccc(NC(=O)C2CCNC(C(C)(C)C#N)C2)cc1C1CC2CNC(C)CC2N(C)C1=O. The Balaban J connectivity index is 1.49. The molecule has 3 aliphatic rings. The second-order valence-corrected chi connectivity index (χ2v) is 11.2. The molecule has 0 radical (unpaired) electrons. The summed E-state index contributed by atoms with van der Waals surface area (Å²) in [6, 6.07) is 9.03. The molecule has 1 aromatic carbocycles. The van der Waals surface area contributed by atoms with Crippen LogP contribution in [0.3, 0.4) is 0 Å². The van der Waals surface area contributed by atoms with E-state index in [1.165, 1.54) is 0 Å². The predicted octanol–water partition coefficient (Wildman–Crippen LogP) is 3.16. The number of carbonyl (C=O) groups excluding carboxylic acids is 2. The Morgan fingerprint density at radius 2 is 2.00 bits per heavy atom. The summed E-state index contributed by atoms with van der Waals surface area (Å²) in [5.41, 5.74) is 2.32. The number of likely N-dealkylation sites (N-methyl/N-ethyl adjacent to an activating group) is 1. The maximum atomic E-state index is 13.4. The van der Waals surface area contributed by atoms with E-state index >= 15 is 0 Å². The van der Waals surface area contributed by atoms with Crippen LogP contribution in [0, 0.1) is 35.5 Å². The maximum absolute atomic E-state index is 13.4. The van der Waals surface area contributed by atoms with Gasteiger partial charge in [-0.25, -0.2) is 0 Å². The number of nitrogens with one attached hydrogen (secondary N) is 3. The molecule has 34 heavy (non-hydrogen) atoms. The Kier molecular flexibility index (Phi) is 7.02. The fourth-order valence-electron chi connectivity index (χ4n) is 6.04. The molecule has 0 aliphatic carbocycles. The predicted molar refractivity (Wildman–Crippen MR) is 133 cm³/mol. The fraction of sp³-hybridized carbons (Fsp3) is 0.667. The van der Waals surface area contributed by atoms with Gasteiger partial charge in [0.1, 0.15) is 0 Å². The van der Waals surface area contributed by atoms with E-state index in [-0.39, 0.29) is 29.7 Å². The number of nitrogens with zero attached hydrogens (tertiary/aromatic N) is 2. The van der Waals surface area contributed by atoms with Gasteiger partial charge in [-0.05, 0) is 89.1 Å². The first-order chi connectivity index (χ1) is 16.1. The normalized spacial score (nSPS) is 32.0. The lowest BCUT2D eigenvalue weighted by Crippen LogP contribution is -2.57. The Morgan fingerprint density at radius 1 is 1.24 bits per heavy atom. The van der Waals surface area contributed by atoms with Gasteiger partial charge in [0.15, 0.2) is 0 Å². The highest BCUT2D eigenvalue weighted by Crippen LogP contribution is 2.39. The van der Waals surface area contributed by atoms with Gasteiger partial charge in [-0.15, -0.1) is 0 Å². The summed E-state index contributed by atoms with van der Waals surface area (Å²) in [5, 5.41) is 19.6. The van der Waals surface area contributed by atoms with Crippen LogP contribution in [-0.2, 0) is 9.59 Å². The standard InChI is InChI=1S/C27H39N5O2/c1-16-6-7-20(31-25(33)18-8-9-29-24(12-18)27(3,4)15-28)13-21(16)22-11-19-14-30-17(2)10-23(19)32(5)26(22)34/h6-7,13,17-19,22-24,29-30H,8-12,14H2,1-5H3,(H,31,33). The molecule has 3 N–H and O–H groups in total. The molecule has 3 saturated heterocycles. The number of piperidine rings is 3. The lowest BCUT2D eigenvalue weighted by atomic mass is 9.75. The van der Waals surface area contributed by atoms with E-state index < -0.39 is 5.41 Å². The molecular weight excluding hydrogens is 426 g/mol. The van der Waals surface area contributed by atoms with E-state index in [0.29, 0.717) is 24.4 Å². The molecule has 1 aromatic rings. The first-order valence-corrected chi connectivity index (χ1v) is 12.7. The molecule has 4 rings (SSSR count). The highest BCUT2D eigenvalue weighted by molar-refractivity contribution is 5.93. The summed E-state index contributed by atoms with van der Waals surface area (Å²) in [5.74, 6) is 0.298. The van der Waals surface area contributed by atoms with Gasteiger partial charge < -0.3 is 20.9 Å². The number of benzene rings is 1. The van der Waals surface area contributed by atoms with Crippen molar-refractivity contribution in [2.45, 2.75) is 77.4 Å². The molecule has 3 heterocycles. The van der Waals surface area contributed by atoms with Crippen molar-refractivity contribution >= 4 is 17.5 Å². The van der Waals surface area contributed by atoms with Crippen molar-refractivity contribution in [2.75, 3.05) is 25.5 Å². The van der Waals surface area contributed by atoms with Crippen molar-refractivity contribution in [3.8, 4) is 6.07 Å². The number of fused-ring (bicyclic) bond motifs is 1. The van der Waals surface area contributed by atoms with Crippen molar-refractivity contribution in [1.82, 2.24) is 15.5 Å². The summed E-state index contributed by atoms with van der Waals surface area (Å²) in [6.07, 6.45) is 3.23. The van der Waals surface area contributed by atoms with E-state index in [1.807, 2.05) is 50.9 Å². The van der Waals surface area contributed by atoms with Crippen LogP contribution in [0.4, 0.5) is 5.69 Å². The average Bonchev–Trinajstić information content (AvgIpc) is 2.83. The lowest BCUT2D eigenvalue weighted by Gasteiger charge is -2.47. The number of aryl methyl sites for hydroxylation is 1. The number of rotatable bonds is 4. The fourth-order valence-corrected chi connectivity index (χ4v) is 6.04. The average molecular weight is 466 g/mol. The van der Waals surface area contributed by atoms with E-state index in [4.69, 9.17) is 0 Å². The number of likely N-dealkylation sites (tertiary alicyclic amines) is 1. The van der Waals surface area contributed by atoms with Gasteiger partial charge in [0, 0.05) is 43.3 Å². The van der Waals surface area contributed by atoms with E-state index in [0.717, 1.165) is 49.2 Å². The number of amides is 2. The summed E-state index contributed by atoms with van der Waals surface area (Å²) < 4.78 is 0. The van der Waals surface area contributed by atoms with Crippen LogP contribution >= 0.6 is 0 Å². The smallest absolute Gasteiger partial charge is 0.230 e. The van der Waals surface area contributed by atoms with Crippen molar-refractivity contribution < 1.29 is 9.59 Å². The number of nitriles is 1. The third-order valence-corrected chi connectivity index (χ3v) is 8.41. The quantitative estimate of drug-likeness (QED) is 0.635. The number of hydrogen-bond donors (Lipinski definition) is 3. The molecule has 184 valence electrons. The summed E-state index contributed by atoms with van der Waals surface area (Å²) in [6.45, 7) is 9.73. The van der Waals surface area contributed by atoms with Crippen LogP contribution < -0.4 is 16.0 Å². The molecule has 6 unspecified atom stereocenters. The Hall–Kier alpha value is -2.43. The van der Waals surface area contributed by atoms with Crippen LogP contribution in [0.25, 0.3) is 0 Å². The monoisotopic (exact) mass is 465 g/mol. The summed E-state index contributed by atoms with van der Waals surface area (Å²) >= 11 is 0. The van der Waals surface area contributed by atoms with Crippen molar-refractivity contribution in [3.63, 3.8) is 0 Å². The summed E-state index contributed by atoms with van der Waals surface area (Å²) in [7, 11) is 1.95. The highest BCUT2D eigenvalue weighted by atomic mass is 16.2. The number of anilines is 1. The molecule has 2 amide bonds. The molecule has 3 aliphatic heterocycles. The van der Waals surface area contributed by atoms with Gasteiger partial charge in [-0.1, -0.05) is 6.07 Å². The molecule has 7 heteroatoms. The third-order valence-electron chi connectivity index (χ3n) is 8.41. The number of hydrogen-bond acceptors (Lipinski definition) is 5. The van der Waals surface area contributed by atoms with Gasteiger partial charge in [0.2, 0.25) is 11.8 Å². The van der Waals surface area contributed by atoms with Crippen LogP contribution in [0.15, 0.2) is 18.2 Å². The molecular formula is C27H39N5O2. The second kappa shape index (κ2) is 9.67. The van der Waals surface area contributed by atoms with Crippen LogP contribution in [-0.4, -0.2) is 55.0 Å². The second-order valence-electron chi connectivity index (χ2n) is 11.2. The van der Waals surface area contributed by atoms with E-state index in [2.05, 4.69) is 28.9 Å². The van der Waals surface area contributed by atoms with Crippen molar-refractivity contribution in [2.24, 2.45) is 17.3 Å². The maximum Gasteiger partial charge on any atom is 0.230 e. The molecule has 0 bridgehead atoms. The van der Waals surface area contributed by atoms with Gasteiger partial charge >= 0.3 is 0 Å². The van der Waals surface area contributed by atoms with Gasteiger partial charge in [-0.2, -0.15) is 5.26 Å². The molecule has 7 nitrogen and oxygen atoms in total. The Bertz CT molecular complexity index is 984. The minimum atomic E-state index is -0.521. The zero-order valence-electron chi connectivity index (χ0n) is 21.1. The molecule has 0 aromatic heterocycles. The van der Waals surface area contributed by atoms with Crippen molar-refractivity contribution in [1.29, 1.82) is 5.26 Å². The third kappa shape index (κ3) is 4.85. The van der Waals surface area contributed by atoms with Crippen LogP contribution in [0.1, 0.15) is 63.5 Å². The van der Waals surface area contributed by atoms with Gasteiger partial charge in [0.25, 0.3) is 0 Å². The van der Waals surface area contributed by atoms with E-state index in [9.17, 15) is 14.9 Å². The van der Waals surface area contributed by atoms with Crippen LogP contribution in [0.5, 0.6) is 0 Å². The van der Waals surface area contributed by atoms with Gasteiger partial charge in [0.05, 0.1) is 17.4 Å². The minimum Gasteiger partial charge on any atom is -0.342 e. The molecule has 3 fully saturated rings. The first-order valence-electron chi connectivity index (χ1n) is 12.7. The topological polar surface area (TPSA) is 97.3 Å². The Labute approximate surface area is 203 Å². The lowest BCUT2D eigenvalue weighted by molar-refractivity contribution is -0.140. The minimum absolute atomic E-state index is 0.00679. The van der Waals surface area contributed by atoms with E-state index in [1.54, 1.807) is 0 Å². The molecule has 0 saturated carbocycles. The van der Waals surface area contributed by atoms with Gasteiger partial charge in [-0.3, -0.25) is 9.59 Å². The van der Waals surface area contributed by atoms with Crippen LogP contribution in [0.2, 0.25) is 0 Å². The largest absolute Gasteiger partial charge is 0.342 e. The summed E-state index contributed by atoms with van der Waals surface area (Å²) in [4.78, 5) is 28.5. The highest BCUT2D eigenvalue weighted by Gasteiger charge is 2.43. The Morgan fingerprint density at radius 3 is 2.74 bits per heavy atom. The molecule has 0 spiro atoms. The zero-order chi connectivity index (χ0) is 24.6. The molecule has 6 atom stereocenters. The number of carbonyl (C=O) groups is 2. The van der Waals surface area contributed by atoms with Crippen molar-refractivity contribution in [3.05, 3.63) is 29.3 Å². The zero-order valence-corrected chi connectivity index (χ0v) is 21.1.